The predicted molar refractivity (Wildman–Crippen MR) is 123 cm³/mol. The zero-order chi connectivity index (χ0) is 20.9. The molecule has 0 N–H and O–H groups in total. The lowest BCUT2D eigenvalue weighted by molar-refractivity contribution is -0.134. The maximum absolute atomic E-state index is 11.4. The standard InChI is InChI=1S/C27H27NO2/c1-3-5-8-24-25(19-28-18-7-6-9-26(24)28)22-12-10-20(11-13-22)21-14-16-23(17-15-21)30-27(29)4-2/h6-7,9-19H,3-5,8H2,1-2H3. The van der Waals surface area contributed by atoms with E-state index in [0.717, 1.165) is 17.5 Å². The Bertz CT molecular complexity index is 1140. The summed E-state index contributed by atoms with van der Waals surface area (Å²) in [7, 11) is 0. The Labute approximate surface area is 177 Å². The number of ether oxygens (including phenoxy) is 1. The lowest BCUT2D eigenvalue weighted by atomic mass is 9.97. The van der Waals surface area contributed by atoms with Crippen LogP contribution in [0.5, 0.6) is 5.75 Å². The summed E-state index contributed by atoms with van der Waals surface area (Å²) in [6.07, 6.45) is 8.20. The third kappa shape index (κ3) is 4.16. The van der Waals surface area contributed by atoms with Crippen LogP contribution in [0, 0.1) is 0 Å². The van der Waals surface area contributed by atoms with Crippen molar-refractivity contribution in [3.63, 3.8) is 0 Å². The minimum atomic E-state index is -0.217. The molecule has 3 nitrogen and oxygen atoms in total. The molecular formula is C27H27NO2. The van der Waals surface area contributed by atoms with Gasteiger partial charge in [-0.15, -0.1) is 0 Å². The highest BCUT2D eigenvalue weighted by Gasteiger charge is 2.12. The number of pyridine rings is 1. The highest BCUT2D eigenvalue weighted by Crippen LogP contribution is 2.32. The Balaban J connectivity index is 1.62. The number of carbonyl (C=O) groups is 1. The summed E-state index contributed by atoms with van der Waals surface area (Å²) >= 11 is 0. The van der Waals surface area contributed by atoms with Crippen LogP contribution in [0.1, 0.15) is 38.7 Å². The molecule has 0 atom stereocenters. The van der Waals surface area contributed by atoms with E-state index in [9.17, 15) is 4.79 Å². The maximum atomic E-state index is 11.4. The van der Waals surface area contributed by atoms with E-state index in [4.69, 9.17) is 4.74 Å². The number of unbranched alkanes of at least 4 members (excludes halogenated alkanes) is 1. The van der Waals surface area contributed by atoms with Gasteiger partial charge in [-0.05, 0) is 59.4 Å². The van der Waals surface area contributed by atoms with E-state index in [2.05, 4.69) is 66.2 Å². The van der Waals surface area contributed by atoms with E-state index in [0.29, 0.717) is 12.2 Å². The number of benzene rings is 2. The summed E-state index contributed by atoms with van der Waals surface area (Å²) in [5, 5.41) is 0. The molecule has 4 rings (SSSR count). The first-order chi connectivity index (χ1) is 14.7. The van der Waals surface area contributed by atoms with Crippen molar-refractivity contribution in [2.45, 2.75) is 39.5 Å². The zero-order valence-corrected chi connectivity index (χ0v) is 17.6. The summed E-state index contributed by atoms with van der Waals surface area (Å²) in [4.78, 5) is 11.4. The van der Waals surface area contributed by atoms with Crippen molar-refractivity contribution in [3.05, 3.63) is 84.7 Å². The van der Waals surface area contributed by atoms with Crippen LogP contribution < -0.4 is 4.74 Å². The average molecular weight is 398 g/mol. The molecule has 0 spiro atoms. The average Bonchev–Trinajstić information content (AvgIpc) is 3.16. The third-order valence-electron chi connectivity index (χ3n) is 5.48. The van der Waals surface area contributed by atoms with Crippen LogP contribution in [-0.2, 0) is 11.2 Å². The number of hydrogen-bond acceptors (Lipinski definition) is 2. The molecule has 0 saturated heterocycles. The highest BCUT2D eigenvalue weighted by atomic mass is 16.5. The number of nitrogens with zero attached hydrogens (tertiary/aromatic N) is 1. The van der Waals surface area contributed by atoms with E-state index >= 15 is 0 Å². The first kappa shape index (κ1) is 20.0. The van der Waals surface area contributed by atoms with Crippen molar-refractivity contribution < 1.29 is 9.53 Å². The molecule has 0 amide bonds. The molecule has 0 aliphatic rings. The third-order valence-corrected chi connectivity index (χ3v) is 5.48. The molecule has 0 aliphatic carbocycles. The number of fused-ring (bicyclic) bond motifs is 1. The largest absolute Gasteiger partial charge is 0.427 e. The van der Waals surface area contributed by atoms with E-state index in [1.54, 1.807) is 6.92 Å². The molecule has 0 radical (unpaired) electrons. The van der Waals surface area contributed by atoms with Gasteiger partial charge in [0.05, 0.1) is 0 Å². The summed E-state index contributed by atoms with van der Waals surface area (Å²) in [6, 6.07) is 22.8. The van der Waals surface area contributed by atoms with Gasteiger partial charge in [0.25, 0.3) is 0 Å². The molecule has 0 bridgehead atoms. The Hall–Kier alpha value is -3.33. The monoisotopic (exact) mass is 397 g/mol. The van der Waals surface area contributed by atoms with Crippen LogP contribution in [0.3, 0.4) is 0 Å². The van der Waals surface area contributed by atoms with Crippen LogP contribution in [0.25, 0.3) is 27.8 Å². The molecule has 2 heterocycles. The Morgan fingerprint density at radius 2 is 1.53 bits per heavy atom. The van der Waals surface area contributed by atoms with Gasteiger partial charge in [0, 0.05) is 29.9 Å². The van der Waals surface area contributed by atoms with E-state index in [1.807, 2.05) is 24.3 Å². The number of carbonyl (C=O) groups excluding carboxylic acids is 1. The quantitative estimate of drug-likeness (QED) is 0.250. The molecular weight excluding hydrogens is 370 g/mol. The molecule has 0 saturated carbocycles. The summed E-state index contributed by atoms with van der Waals surface area (Å²) in [5.74, 6) is 0.370. The minimum absolute atomic E-state index is 0.217. The number of aryl methyl sites for hydroxylation is 1. The fourth-order valence-corrected chi connectivity index (χ4v) is 3.81. The fourth-order valence-electron chi connectivity index (χ4n) is 3.81. The van der Waals surface area contributed by atoms with Gasteiger partial charge in [-0.2, -0.15) is 0 Å². The van der Waals surface area contributed by atoms with Crippen LogP contribution in [0.4, 0.5) is 0 Å². The van der Waals surface area contributed by atoms with Crippen LogP contribution in [-0.4, -0.2) is 10.4 Å². The predicted octanol–water partition coefficient (Wildman–Crippen LogP) is 6.93. The Morgan fingerprint density at radius 1 is 0.867 bits per heavy atom. The topological polar surface area (TPSA) is 30.7 Å². The normalized spacial score (nSPS) is 11.0. The molecule has 30 heavy (non-hydrogen) atoms. The van der Waals surface area contributed by atoms with Gasteiger partial charge in [-0.3, -0.25) is 4.79 Å². The lowest BCUT2D eigenvalue weighted by Crippen LogP contribution is -2.05. The molecule has 0 unspecified atom stereocenters. The van der Waals surface area contributed by atoms with Gasteiger partial charge in [0.15, 0.2) is 0 Å². The van der Waals surface area contributed by atoms with E-state index in [1.165, 1.54) is 35.0 Å². The van der Waals surface area contributed by atoms with Crippen LogP contribution in [0.2, 0.25) is 0 Å². The Morgan fingerprint density at radius 3 is 2.20 bits per heavy atom. The zero-order valence-electron chi connectivity index (χ0n) is 17.6. The fraction of sp³-hybridized carbons (Fsp3) is 0.222. The van der Waals surface area contributed by atoms with Gasteiger partial charge < -0.3 is 9.14 Å². The van der Waals surface area contributed by atoms with Crippen molar-refractivity contribution in [2.24, 2.45) is 0 Å². The van der Waals surface area contributed by atoms with Crippen molar-refractivity contribution in [3.8, 4) is 28.0 Å². The maximum Gasteiger partial charge on any atom is 0.310 e. The van der Waals surface area contributed by atoms with Gasteiger partial charge in [0.2, 0.25) is 0 Å². The van der Waals surface area contributed by atoms with Crippen molar-refractivity contribution in [1.82, 2.24) is 4.40 Å². The lowest BCUT2D eigenvalue weighted by Gasteiger charge is -2.08. The molecule has 0 aliphatic heterocycles. The molecule has 3 heteroatoms. The number of rotatable bonds is 7. The molecule has 4 aromatic rings. The molecule has 152 valence electrons. The number of hydrogen-bond donors (Lipinski definition) is 0. The Kier molecular flexibility index (Phi) is 5.99. The first-order valence-electron chi connectivity index (χ1n) is 10.7. The number of esters is 1. The summed E-state index contributed by atoms with van der Waals surface area (Å²) in [6.45, 7) is 4.03. The molecule has 2 aromatic heterocycles. The second kappa shape index (κ2) is 9.00. The van der Waals surface area contributed by atoms with Gasteiger partial charge in [0.1, 0.15) is 5.75 Å². The minimum Gasteiger partial charge on any atom is -0.427 e. The van der Waals surface area contributed by atoms with Gasteiger partial charge in [-0.1, -0.05) is 62.7 Å². The second-order valence-electron chi connectivity index (χ2n) is 7.55. The van der Waals surface area contributed by atoms with E-state index < -0.39 is 0 Å². The van der Waals surface area contributed by atoms with Crippen molar-refractivity contribution >= 4 is 11.5 Å². The summed E-state index contributed by atoms with van der Waals surface area (Å²) in [5.41, 5.74) is 7.51. The van der Waals surface area contributed by atoms with Crippen molar-refractivity contribution in [1.29, 1.82) is 0 Å². The number of aromatic nitrogens is 1. The van der Waals surface area contributed by atoms with Crippen LogP contribution >= 0.6 is 0 Å². The van der Waals surface area contributed by atoms with Gasteiger partial charge in [-0.25, -0.2) is 0 Å². The smallest absolute Gasteiger partial charge is 0.310 e. The second-order valence-corrected chi connectivity index (χ2v) is 7.55. The first-order valence-corrected chi connectivity index (χ1v) is 10.7. The SMILES string of the molecule is CCCCc1c(-c2ccc(-c3ccc(OC(=O)CC)cc3)cc2)cn2ccccc12. The van der Waals surface area contributed by atoms with Crippen molar-refractivity contribution in [2.75, 3.05) is 0 Å². The highest BCUT2D eigenvalue weighted by molar-refractivity contribution is 5.78. The van der Waals surface area contributed by atoms with Gasteiger partial charge >= 0.3 is 5.97 Å². The van der Waals surface area contributed by atoms with E-state index in [-0.39, 0.29) is 5.97 Å². The van der Waals surface area contributed by atoms with Crippen LogP contribution in [0.15, 0.2) is 79.1 Å². The molecule has 0 fully saturated rings. The molecule has 2 aromatic carbocycles. The summed E-state index contributed by atoms with van der Waals surface area (Å²) < 4.78 is 7.49.